The number of halogens is 1. The van der Waals surface area contributed by atoms with Crippen molar-refractivity contribution in [2.75, 3.05) is 11.2 Å². The van der Waals surface area contributed by atoms with Crippen molar-refractivity contribution < 1.29 is 4.79 Å². The molecule has 1 aliphatic carbocycles. The standard InChI is InChI=1S/C9H10ClNOS/c10-5-8(12)11-9-4-6-2-1-3-7(6)13-9/h4H,1-3,5H2,(H,11,12). The molecule has 0 spiro atoms. The third-order valence-electron chi connectivity index (χ3n) is 2.13. The number of nitrogens with one attached hydrogen (secondary N) is 1. The van der Waals surface area contributed by atoms with Gasteiger partial charge >= 0.3 is 0 Å². The maximum atomic E-state index is 11.0. The lowest BCUT2D eigenvalue weighted by atomic mass is 10.3. The average molecular weight is 216 g/mol. The van der Waals surface area contributed by atoms with Crippen molar-refractivity contribution in [3.63, 3.8) is 0 Å². The van der Waals surface area contributed by atoms with E-state index in [4.69, 9.17) is 11.6 Å². The van der Waals surface area contributed by atoms with E-state index < -0.39 is 0 Å². The van der Waals surface area contributed by atoms with Crippen LogP contribution in [0.5, 0.6) is 0 Å². The first kappa shape index (κ1) is 9.03. The van der Waals surface area contributed by atoms with Crippen molar-refractivity contribution in [2.45, 2.75) is 19.3 Å². The Hall–Kier alpha value is -0.540. The zero-order valence-electron chi connectivity index (χ0n) is 7.10. The van der Waals surface area contributed by atoms with Gasteiger partial charge in [0.2, 0.25) is 5.91 Å². The van der Waals surface area contributed by atoms with E-state index in [1.807, 2.05) is 0 Å². The molecule has 4 heteroatoms. The fourth-order valence-corrected chi connectivity index (χ4v) is 2.80. The summed E-state index contributed by atoms with van der Waals surface area (Å²) in [5.74, 6) is -0.0932. The van der Waals surface area contributed by atoms with Crippen molar-refractivity contribution >= 4 is 33.8 Å². The molecule has 0 fully saturated rings. The molecule has 0 saturated carbocycles. The first-order valence-corrected chi connectivity index (χ1v) is 5.62. The van der Waals surface area contributed by atoms with Gasteiger partial charge in [0.05, 0.1) is 5.00 Å². The normalized spacial score (nSPS) is 14.2. The topological polar surface area (TPSA) is 29.1 Å². The number of amides is 1. The number of rotatable bonds is 2. The molecular formula is C9H10ClNOS. The van der Waals surface area contributed by atoms with Gasteiger partial charge in [0, 0.05) is 4.88 Å². The molecule has 2 nitrogen and oxygen atoms in total. The van der Waals surface area contributed by atoms with Crippen molar-refractivity contribution in [2.24, 2.45) is 0 Å². The summed E-state index contributed by atoms with van der Waals surface area (Å²) < 4.78 is 0. The number of fused-ring (bicyclic) bond motifs is 1. The van der Waals surface area contributed by atoms with Crippen LogP contribution in [0, 0.1) is 0 Å². The quantitative estimate of drug-likeness (QED) is 0.755. The Kier molecular flexibility index (Phi) is 2.56. The molecule has 0 radical (unpaired) electrons. The van der Waals surface area contributed by atoms with Crippen LogP contribution in [-0.4, -0.2) is 11.8 Å². The number of alkyl halides is 1. The molecule has 0 atom stereocenters. The molecule has 1 aromatic heterocycles. The molecule has 70 valence electrons. The highest BCUT2D eigenvalue weighted by atomic mass is 35.5. The molecule has 0 saturated heterocycles. The van der Waals surface area contributed by atoms with Crippen LogP contribution in [-0.2, 0) is 17.6 Å². The smallest absolute Gasteiger partial charge is 0.239 e. The molecule has 0 aromatic carbocycles. The van der Waals surface area contributed by atoms with Crippen LogP contribution in [0.2, 0.25) is 0 Å². The predicted molar refractivity (Wildman–Crippen MR) is 55.7 cm³/mol. The van der Waals surface area contributed by atoms with Gasteiger partial charge in [-0.15, -0.1) is 22.9 Å². The maximum absolute atomic E-state index is 11.0. The molecule has 2 rings (SSSR count). The summed E-state index contributed by atoms with van der Waals surface area (Å²) in [4.78, 5) is 12.4. The van der Waals surface area contributed by atoms with E-state index in [1.165, 1.54) is 16.9 Å². The lowest BCUT2D eigenvalue weighted by Crippen LogP contribution is -2.11. The minimum atomic E-state index is -0.124. The van der Waals surface area contributed by atoms with Crippen LogP contribution in [0.3, 0.4) is 0 Å². The molecule has 13 heavy (non-hydrogen) atoms. The van der Waals surface area contributed by atoms with E-state index in [-0.39, 0.29) is 11.8 Å². The summed E-state index contributed by atoms with van der Waals surface area (Å²) in [5, 5.41) is 3.71. The van der Waals surface area contributed by atoms with E-state index in [0.717, 1.165) is 17.8 Å². The highest BCUT2D eigenvalue weighted by Crippen LogP contribution is 2.33. The molecule has 1 aliphatic rings. The second kappa shape index (κ2) is 3.68. The molecule has 1 heterocycles. The minimum absolute atomic E-state index is 0.0303. The van der Waals surface area contributed by atoms with E-state index in [9.17, 15) is 4.79 Å². The van der Waals surface area contributed by atoms with Crippen LogP contribution < -0.4 is 5.32 Å². The van der Waals surface area contributed by atoms with Crippen LogP contribution in [0.25, 0.3) is 0 Å². The molecule has 1 N–H and O–H groups in total. The third-order valence-corrected chi connectivity index (χ3v) is 3.53. The number of anilines is 1. The van der Waals surface area contributed by atoms with Gasteiger partial charge in [-0.05, 0) is 30.9 Å². The Labute approximate surface area is 85.9 Å². The van der Waals surface area contributed by atoms with E-state index in [0.29, 0.717) is 0 Å². The zero-order valence-corrected chi connectivity index (χ0v) is 8.67. The summed E-state index contributed by atoms with van der Waals surface area (Å²) in [7, 11) is 0. The summed E-state index contributed by atoms with van der Waals surface area (Å²) in [6.45, 7) is 0. The summed E-state index contributed by atoms with van der Waals surface area (Å²) in [6, 6.07) is 2.07. The molecule has 0 unspecified atom stereocenters. The summed E-state index contributed by atoms with van der Waals surface area (Å²) in [6.07, 6.45) is 3.57. The fourth-order valence-electron chi connectivity index (χ4n) is 1.56. The Bertz CT molecular complexity index is 313. The van der Waals surface area contributed by atoms with Crippen LogP contribution in [0.15, 0.2) is 6.07 Å². The maximum Gasteiger partial charge on any atom is 0.239 e. The lowest BCUT2D eigenvalue weighted by molar-refractivity contribution is -0.113. The number of hydrogen-bond acceptors (Lipinski definition) is 2. The van der Waals surface area contributed by atoms with Crippen molar-refractivity contribution in [1.29, 1.82) is 0 Å². The Morgan fingerprint density at radius 3 is 3.15 bits per heavy atom. The van der Waals surface area contributed by atoms with Gasteiger partial charge in [-0.2, -0.15) is 0 Å². The van der Waals surface area contributed by atoms with Gasteiger partial charge in [0.15, 0.2) is 0 Å². The van der Waals surface area contributed by atoms with Crippen LogP contribution >= 0.6 is 22.9 Å². The Balaban J connectivity index is 2.10. The molecular weight excluding hydrogens is 206 g/mol. The Morgan fingerprint density at radius 1 is 1.62 bits per heavy atom. The highest BCUT2D eigenvalue weighted by Gasteiger charge is 2.15. The number of aryl methyl sites for hydroxylation is 2. The second-order valence-corrected chi connectivity index (χ2v) is 4.50. The highest BCUT2D eigenvalue weighted by molar-refractivity contribution is 7.16. The van der Waals surface area contributed by atoms with Gasteiger partial charge in [-0.25, -0.2) is 0 Å². The largest absolute Gasteiger partial charge is 0.317 e. The van der Waals surface area contributed by atoms with Crippen molar-refractivity contribution in [3.8, 4) is 0 Å². The fraction of sp³-hybridized carbons (Fsp3) is 0.444. The summed E-state index contributed by atoms with van der Waals surface area (Å²) >= 11 is 7.06. The molecule has 0 bridgehead atoms. The van der Waals surface area contributed by atoms with E-state index >= 15 is 0 Å². The molecule has 1 aromatic rings. The first-order valence-electron chi connectivity index (χ1n) is 4.27. The Morgan fingerprint density at radius 2 is 2.46 bits per heavy atom. The van der Waals surface area contributed by atoms with Crippen molar-refractivity contribution in [1.82, 2.24) is 0 Å². The van der Waals surface area contributed by atoms with Gasteiger partial charge in [0.25, 0.3) is 0 Å². The van der Waals surface area contributed by atoms with Gasteiger partial charge in [-0.3, -0.25) is 4.79 Å². The number of thiophene rings is 1. The van der Waals surface area contributed by atoms with Gasteiger partial charge in [0.1, 0.15) is 5.88 Å². The number of hydrogen-bond donors (Lipinski definition) is 1. The van der Waals surface area contributed by atoms with E-state index in [2.05, 4.69) is 11.4 Å². The minimum Gasteiger partial charge on any atom is -0.317 e. The first-order chi connectivity index (χ1) is 6.29. The molecule has 0 aliphatic heterocycles. The van der Waals surface area contributed by atoms with E-state index in [1.54, 1.807) is 11.3 Å². The monoisotopic (exact) mass is 215 g/mol. The van der Waals surface area contributed by atoms with Crippen molar-refractivity contribution in [3.05, 3.63) is 16.5 Å². The lowest BCUT2D eigenvalue weighted by Gasteiger charge is -1.97. The predicted octanol–water partition coefficient (Wildman–Crippen LogP) is 2.41. The molecule has 1 amide bonds. The number of carbonyl (C=O) groups is 1. The number of carbonyl (C=O) groups excluding carboxylic acids is 1. The van der Waals surface area contributed by atoms with Gasteiger partial charge in [-0.1, -0.05) is 0 Å². The zero-order chi connectivity index (χ0) is 9.26. The summed E-state index contributed by atoms with van der Waals surface area (Å²) in [5.41, 5.74) is 1.40. The van der Waals surface area contributed by atoms with Gasteiger partial charge < -0.3 is 5.32 Å². The second-order valence-electron chi connectivity index (χ2n) is 3.09. The average Bonchev–Trinajstić information content (AvgIpc) is 2.63. The van der Waals surface area contributed by atoms with Crippen LogP contribution in [0.4, 0.5) is 5.00 Å². The SMILES string of the molecule is O=C(CCl)Nc1cc2c(s1)CCC2. The third kappa shape index (κ3) is 1.86. The van der Waals surface area contributed by atoms with Crippen LogP contribution in [0.1, 0.15) is 16.9 Å².